The molecule has 0 amide bonds. The number of hydrogen-bond donors (Lipinski definition) is 0. The smallest absolute Gasteiger partial charge is 0.342 e. The SMILES string of the molecule is C=C1OC2(OC(=O)c3ccccc32)c2ccccc21. The van der Waals surface area contributed by atoms with Crippen molar-refractivity contribution >= 4 is 11.7 Å². The van der Waals surface area contributed by atoms with Gasteiger partial charge >= 0.3 is 11.8 Å². The summed E-state index contributed by atoms with van der Waals surface area (Å²) in [4.78, 5) is 12.0. The lowest BCUT2D eigenvalue weighted by molar-refractivity contribution is -0.116. The molecule has 1 unspecified atom stereocenters. The van der Waals surface area contributed by atoms with Crippen molar-refractivity contribution in [2.24, 2.45) is 0 Å². The van der Waals surface area contributed by atoms with Gasteiger partial charge in [-0.1, -0.05) is 43.0 Å². The highest BCUT2D eigenvalue weighted by Crippen LogP contribution is 2.51. The molecule has 19 heavy (non-hydrogen) atoms. The fourth-order valence-electron chi connectivity index (χ4n) is 2.76. The Labute approximate surface area is 110 Å². The van der Waals surface area contributed by atoms with Crippen molar-refractivity contribution in [1.29, 1.82) is 0 Å². The van der Waals surface area contributed by atoms with Crippen molar-refractivity contribution in [1.82, 2.24) is 0 Å². The molecule has 4 rings (SSSR count). The molecule has 0 saturated carbocycles. The fraction of sp³-hybridized carbons (Fsp3) is 0.0625. The van der Waals surface area contributed by atoms with Crippen molar-refractivity contribution in [3.8, 4) is 0 Å². The minimum absolute atomic E-state index is 0.361. The third-order valence-electron chi connectivity index (χ3n) is 3.59. The van der Waals surface area contributed by atoms with Gasteiger partial charge in [0.2, 0.25) is 0 Å². The van der Waals surface area contributed by atoms with Crippen LogP contribution in [0.1, 0.15) is 27.0 Å². The van der Waals surface area contributed by atoms with Gasteiger partial charge in [0.25, 0.3) is 0 Å². The minimum Gasteiger partial charge on any atom is -0.444 e. The van der Waals surface area contributed by atoms with Crippen LogP contribution in [0.15, 0.2) is 55.1 Å². The molecule has 0 bridgehead atoms. The van der Waals surface area contributed by atoms with Crippen LogP contribution < -0.4 is 0 Å². The predicted molar refractivity (Wildman–Crippen MR) is 69.2 cm³/mol. The number of carbonyl (C=O) groups excluding carboxylic acids is 1. The molecule has 0 aromatic heterocycles. The second-order valence-electron chi connectivity index (χ2n) is 4.62. The molecule has 0 radical (unpaired) electrons. The molecule has 0 saturated heterocycles. The molecule has 2 heterocycles. The first-order valence-electron chi connectivity index (χ1n) is 6.03. The summed E-state index contributed by atoms with van der Waals surface area (Å²) in [5.41, 5.74) is 3.00. The second kappa shape index (κ2) is 3.26. The molecule has 2 aliphatic heterocycles. The maximum absolute atomic E-state index is 12.0. The third-order valence-corrected chi connectivity index (χ3v) is 3.59. The zero-order chi connectivity index (χ0) is 13.0. The molecular formula is C16H10O3. The number of benzene rings is 2. The molecule has 2 aliphatic rings. The minimum atomic E-state index is -1.15. The Hall–Kier alpha value is -2.55. The summed E-state index contributed by atoms with van der Waals surface area (Å²) in [6.07, 6.45) is 0. The zero-order valence-electron chi connectivity index (χ0n) is 10.1. The summed E-state index contributed by atoms with van der Waals surface area (Å²) in [6.45, 7) is 3.90. The van der Waals surface area contributed by atoms with Gasteiger partial charge in [-0.2, -0.15) is 0 Å². The molecule has 3 nitrogen and oxygen atoms in total. The fourth-order valence-corrected chi connectivity index (χ4v) is 2.76. The Kier molecular flexibility index (Phi) is 1.78. The topological polar surface area (TPSA) is 35.5 Å². The van der Waals surface area contributed by atoms with Gasteiger partial charge in [-0.3, -0.25) is 0 Å². The number of hydrogen-bond acceptors (Lipinski definition) is 3. The average molecular weight is 250 g/mol. The average Bonchev–Trinajstić information content (AvgIpc) is 2.88. The van der Waals surface area contributed by atoms with E-state index in [1.54, 1.807) is 6.07 Å². The van der Waals surface area contributed by atoms with E-state index in [0.29, 0.717) is 11.3 Å². The van der Waals surface area contributed by atoms with E-state index >= 15 is 0 Å². The predicted octanol–water partition coefficient (Wildman–Crippen LogP) is 3.06. The summed E-state index contributed by atoms with van der Waals surface area (Å²) in [5.74, 6) is -0.985. The lowest BCUT2D eigenvalue weighted by atomic mass is 9.94. The van der Waals surface area contributed by atoms with Crippen LogP contribution in [0.5, 0.6) is 0 Å². The van der Waals surface area contributed by atoms with E-state index in [9.17, 15) is 4.79 Å². The van der Waals surface area contributed by atoms with Crippen molar-refractivity contribution in [2.75, 3.05) is 0 Å². The molecular weight excluding hydrogens is 240 g/mol. The van der Waals surface area contributed by atoms with Crippen molar-refractivity contribution in [3.63, 3.8) is 0 Å². The second-order valence-corrected chi connectivity index (χ2v) is 4.62. The number of fused-ring (bicyclic) bond motifs is 4. The lowest BCUT2D eigenvalue weighted by Gasteiger charge is -2.23. The standard InChI is InChI=1S/C16H10O3/c1-10-11-6-2-4-8-13(11)16(18-10)14-9-5-3-7-12(14)15(17)19-16/h2-9H,1H2. The maximum Gasteiger partial charge on any atom is 0.342 e. The molecule has 1 atom stereocenters. The van der Waals surface area contributed by atoms with Crippen LogP contribution in [0.4, 0.5) is 0 Å². The van der Waals surface area contributed by atoms with Crippen LogP contribution in [0.3, 0.4) is 0 Å². The number of carbonyl (C=O) groups is 1. The van der Waals surface area contributed by atoms with E-state index in [4.69, 9.17) is 9.47 Å². The van der Waals surface area contributed by atoms with Gasteiger partial charge in [0.15, 0.2) is 0 Å². The first-order valence-corrected chi connectivity index (χ1v) is 6.03. The van der Waals surface area contributed by atoms with Gasteiger partial charge in [0.05, 0.1) is 16.7 Å². The molecule has 2 aromatic carbocycles. The molecule has 2 aromatic rings. The molecule has 0 aliphatic carbocycles. The summed E-state index contributed by atoms with van der Waals surface area (Å²) in [6, 6.07) is 14.9. The molecule has 0 fully saturated rings. The number of rotatable bonds is 0. The van der Waals surface area contributed by atoms with Gasteiger partial charge in [0.1, 0.15) is 5.76 Å². The van der Waals surface area contributed by atoms with E-state index in [1.165, 1.54) is 0 Å². The van der Waals surface area contributed by atoms with Crippen LogP contribution >= 0.6 is 0 Å². The Morgan fingerprint density at radius 1 is 0.842 bits per heavy atom. The van der Waals surface area contributed by atoms with Crippen molar-refractivity contribution < 1.29 is 14.3 Å². The zero-order valence-corrected chi connectivity index (χ0v) is 10.1. The molecule has 1 spiro atoms. The van der Waals surface area contributed by atoms with Gasteiger partial charge in [0, 0.05) is 5.56 Å². The van der Waals surface area contributed by atoms with E-state index in [1.807, 2.05) is 42.5 Å². The maximum atomic E-state index is 12.0. The normalized spacial score (nSPS) is 22.9. The highest BCUT2D eigenvalue weighted by Gasteiger charge is 2.54. The lowest BCUT2D eigenvalue weighted by Crippen LogP contribution is -2.26. The van der Waals surface area contributed by atoms with Crippen LogP contribution in [-0.4, -0.2) is 5.97 Å². The van der Waals surface area contributed by atoms with Gasteiger partial charge in [-0.05, 0) is 12.1 Å². The van der Waals surface area contributed by atoms with Gasteiger partial charge in [-0.15, -0.1) is 0 Å². The Morgan fingerprint density at radius 2 is 1.42 bits per heavy atom. The third kappa shape index (κ3) is 1.14. The molecule has 92 valence electrons. The largest absolute Gasteiger partial charge is 0.444 e. The summed E-state index contributed by atoms with van der Waals surface area (Å²) in [5, 5.41) is 0. The Balaban J connectivity index is 2.05. The summed E-state index contributed by atoms with van der Waals surface area (Å²) in [7, 11) is 0. The van der Waals surface area contributed by atoms with Crippen LogP contribution in [0, 0.1) is 0 Å². The van der Waals surface area contributed by atoms with Crippen LogP contribution in [-0.2, 0) is 15.3 Å². The van der Waals surface area contributed by atoms with Crippen molar-refractivity contribution in [2.45, 2.75) is 5.79 Å². The first-order chi connectivity index (χ1) is 9.22. The van der Waals surface area contributed by atoms with Crippen LogP contribution in [0.25, 0.3) is 5.76 Å². The van der Waals surface area contributed by atoms with Gasteiger partial charge in [-0.25, -0.2) is 4.79 Å². The Bertz CT molecular complexity index is 667. The Morgan fingerprint density at radius 3 is 2.16 bits per heavy atom. The van der Waals surface area contributed by atoms with Gasteiger partial charge < -0.3 is 9.47 Å². The van der Waals surface area contributed by atoms with E-state index in [-0.39, 0.29) is 5.97 Å². The summed E-state index contributed by atoms with van der Waals surface area (Å²) >= 11 is 0. The molecule has 0 N–H and O–H groups in total. The van der Waals surface area contributed by atoms with Crippen LogP contribution in [0.2, 0.25) is 0 Å². The van der Waals surface area contributed by atoms with E-state index in [2.05, 4.69) is 6.58 Å². The quantitative estimate of drug-likeness (QED) is 0.674. The molecule has 3 heteroatoms. The highest BCUT2D eigenvalue weighted by molar-refractivity contribution is 5.96. The highest BCUT2D eigenvalue weighted by atomic mass is 16.7. The first kappa shape index (κ1) is 10.4. The monoisotopic (exact) mass is 250 g/mol. The number of esters is 1. The summed E-state index contributed by atoms with van der Waals surface area (Å²) < 4.78 is 11.4. The van der Waals surface area contributed by atoms with Crippen molar-refractivity contribution in [3.05, 3.63) is 77.4 Å². The van der Waals surface area contributed by atoms with E-state index < -0.39 is 5.79 Å². The van der Waals surface area contributed by atoms with E-state index in [0.717, 1.165) is 16.7 Å². The number of ether oxygens (including phenoxy) is 2.